The molecule has 0 aliphatic carbocycles. The summed E-state index contributed by atoms with van der Waals surface area (Å²) in [6, 6.07) is 1.17. The van der Waals surface area contributed by atoms with E-state index in [0.717, 1.165) is 0 Å². The minimum atomic E-state index is -4.90. The van der Waals surface area contributed by atoms with Crippen LogP contribution in [0.3, 0.4) is 0 Å². The first-order valence-corrected chi connectivity index (χ1v) is 6.29. The molecule has 1 aromatic carbocycles. The maximum absolute atomic E-state index is 12.7. The van der Waals surface area contributed by atoms with Gasteiger partial charge in [-0.25, -0.2) is 0 Å². The highest BCUT2D eigenvalue weighted by molar-refractivity contribution is 7.80. The normalized spacial score (nSPS) is 12.0. The molecule has 0 atom stereocenters. The Balaban J connectivity index is 3.08. The van der Waals surface area contributed by atoms with Crippen LogP contribution in [-0.2, 0) is 12.4 Å². The molecule has 0 aliphatic rings. The van der Waals surface area contributed by atoms with Crippen LogP contribution in [-0.4, -0.2) is 11.7 Å². The molecule has 22 heavy (non-hydrogen) atoms. The summed E-state index contributed by atoms with van der Waals surface area (Å²) in [5.41, 5.74) is -2.52. The number of hydrogen-bond acceptors (Lipinski definition) is 1. The lowest BCUT2D eigenvalue weighted by Crippen LogP contribution is -2.29. The summed E-state index contributed by atoms with van der Waals surface area (Å²) in [6.07, 6.45) is -9.80. The summed E-state index contributed by atoms with van der Waals surface area (Å²) in [7, 11) is 0. The average Bonchev–Trinajstić information content (AvgIpc) is 2.34. The summed E-state index contributed by atoms with van der Waals surface area (Å²) < 4.78 is 76.0. The van der Waals surface area contributed by atoms with Gasteiger partial charge in [-0.05, 0) is 37.3 Å². The van der Waals surface area contributed by atoms with Crippen molar-refractivity contribution < 1.29 is 26.3 Å². The van der Waals surface area contributed by atoms with Gasteiger partial charge in [-0.3, -0.25) is 0 Å². The molecule has 1 aromatic rings. The lowest BCUT2D eigenvalue weighted by atomic mass is 10.1. The third-order valence-electron chi connectivity index (χ3n) is 2.40. The van der Waals surface area contributed by atoms with Crippen LogP contribution in [0, 0.1) is 0 Å². The second-order valence-corrected chi connectivity index (χ2v) is 4.97. The topological polar surface area (TPSA) is 24.1 Å². The van der Waals surface area contributed by atoms with Crippen molar-refractivity contribution in [1.82, 2.24) is 5.32 Å². The van der Waals surface area contributed by atoms with E-state index >= 15 is 0 Å². The molecule has 0 fully saturated rings. The van der Waals surface area contributed by atoms with Crippen LogP contribution in [0.4, 0.5) is 32.0 Å². The molecular formula is C13H12F6N2S. The first-order valence-electron chi connectivity index (χ1n) is 5.88. The first kappa shape index (κ1) is 18.3. The fourth-order valence-electron chi connectivity index (χ4n) is 1.43. The van der Waals surface area contributed by atoms with Crippen molar-refractivity contribution in [3.05, 3.63) is 41.5 Å². The predicted molar refractivity (Wildman–Crippen MR) is 75.5 cm³/mol. The highest BCUT2D eigenvalue weighted by Crippen LogP contribution is 2.37. The molecule has 0 amide bonds. The van der Waals surface area contributed by atoms with Crippen molar-refractivity contribution >= 4 is 23.0 Å². The predicted octanol–water partition coefficient (Wildman–Crippen LogP) is 4.59. The van der Waals surface area contributed by atoms with E-state index in [1.807, 2.05) is 0 Å². The van der Waals surface area contributed by atoms with E-state index in [0.29, 0.717) is 17.7 Å². The maximum atomic E-state index is 12.7. The Morgan fingerprint density at radius 2 is 1.50 bits per heavy atom. The number of halogens is 6. The van der Waals surface area contributed by atoms with Crippen molar-refractivity contribution in [1.29, 1.82) is 0 Å². The third-order valence-corrected chi connectivity index (χ3v) is 2.64. The van der Waals surface area contributed by atoms with E-state index < -0.39 is 29.2 Å². The third kappa shape index (κ3) is 5.55. The quantitative estimate of drug-likeness (QED) is 0.477. The number of alkyl halides is 6. The van der Waals surface area contributed by atoms with Crippen LogP contribution in [0.1, 0.15) is 18.1 Å². The Morgan fingerprint density at radius 1 is 1.05 bits per heavy atom. The van der Waals surface area contributed by atoms with E-state index in [1.54, 1.807) is 6.92 Å². The van der Waals surface area contributed by atoms with Gasteiger partial charge in [-0.15, -0.1) is 0 Å². The van der Waals surface area contributed by atoms with Gasteiger partial charge in [0, 0.05) is 12.2 Å². The lowest BCUT2D eigenvalue weighted by molar-refractivity contribution is -0.143. The van der Waals surface area contributed by atoms with Gasteiger partial charge in [0.15, 0.2) is 5.11 Å². The van der Waals surface area contributed by atoms with Gasteiger partial charge >= 0.3 is 12.4 Å². The fourth-order valence-corrected chi connectivity index (χ4v) is 1.62. The number of thiocarbonyl (C=S) groups is 1. The number of hydrogen-bond donors (Lipinski definition) is 2. The largest absolute Gasteiger partial charge is 0.416 e. The second kappa shape index (κ2) is 6.55. The minimum absolute atomic E-state index is 0.0511. The van der Waals surface area contributed by atoms with Crippen molar-refractivity contribution in [3.63, 3.8) is 0 Å². The van der Waals surface area contributed by atoms with Crippen LogP contribution in [0.15, 0.2) is 30.4 Å². The molecule has 0 radical (unpaired) electrons. The van der Waals surface area contributed by atoms with E-state index in [4.69, 9.17) is 12.2 Å². The number of anilines is 1. The van der Waals surface area contributed by atoms with Crippen LogP contribution >= 0.6 is 12.2 Å². The summed E-state index contributed by atoms with van der Waals surface area (Å²) in [6.45, 7) is 5.51. The van der Waals surface area contributed by atoms with Crippen molar-refractivity contribution in [2.45, 2.75) is 19.3 Å². The Morgan fingerprint density at radius 3 is 1.86 bits per heavy atom. The number of nitrogens with one attached hydrogen (secondary N) is 2. The molecule has 0 bridgehead atoms. The molecule has 9 heteroatoms. The lowest BCUT2D eigenvalue weighted by Gasteiger charge is -2.16. The first-order chi connectivity index (χ1) is 9.89. The monoisotopic (exact) mass is 342 g/mol. The zero-order valence-corrected chi connectivity index (χ0v) is 12.1. The highest BCUT2D eigenvalue weighted by atomic mass is 32.1. The molecular weight excluding hydrogens is 330 g/mol. The summed E-state index contributed by atoms with van der Waals surface area (Å²) in [5.74, 6) is 0. The Bertz CT molecular complexity index is 545. The molecule has 0 aromatic heterocycles. The van der Waals surface area contributed by atoms with E-state index in [1.165, 1.54) is 0 Å². The van der Waals surface area contributed by atoms with Gasteiger partial charge < -0.3 is 10.6 Å². The van der Waals surface area contributed by atoms with Crippen LogP contribution < -0.4 is 10.6 Å². The molecule has 0 aliphatic heterocycles. The summed E-state index contributed by atoms with van der Waals surface area (Å²) in [5, 5.41) is 4.81. The zero-order valence-electron chi connectivity index (χ0n) is 11.3. The molecule has 0 spiro atoms. The zero-order chi connectivity index (χ0) is 17.1. The second-order valence-electron chi connectivity index (χ2n) is 4.56. The van der Waals surface area contributed by atoms with Crippen LogP contribution in [0.2, 0.25) is 0 Å². The Kier molecular flexibility index (Phi) is 5.44. The molecule has 0 heterocycles. The summed E-state index contributed by atoms with van der Waals surface area (Å²) in [4.78, 5) is 0. The van der Waals surface area contributed by atoms with Gasteiger partial charge in [-0.1, -0.05) is 12.2 Å². The van der Waals surface area contributed by atoms with Crippen LogP contribution in [0.5, 0.6) is 0 Å². The maximum Gasteiger partial charge on any atom is 0.416 e. The molecule has 1 rings (SSSR count). The van der Waals surface area contributed by atoms with E-state index in [-0.39, 0.29) is 17.7 Å². The molecule has 0 unspecified atom stereocenters. The van der Waals surface area contributed by atoms with E-state index in [9.17, 15) is 26.3 Å². The molecule has 0 saturated carbocycles. The SMILES string of the molecule is C=C(C)CNC(=S)Nc1cc(C(F)(F)F)cc(C(F)(F)F)c1. The van der Waals surface area contributed by atoms with Crippen molar-refractivity contribution in [3.8, 4) is 0 Å². The Labute approximate surface area is 128 Å². The summed E-state index contributed by atoms with van der Waals surface area (Å²) >= 11 is 4.80. The minimum Gasteiger partial charge on any atom is -0.359 e. The number of benzene rings is 1. The van der Waals surface area contributed by atoms with Crippen molar-refractivity contribution in [2.24, 2.45) is 0 Å². The molecule has 0 saturated heterocycles. The van der Waals surface area contributed by atoms with Gasteiger partial charge in [0.2, 0.25) is 0 Å². The van der Waals surface area contributed by atoms with Gasteiger partial charge in [0.1, 0.15) is 0 Å². The number of rotatable bonds is 3. The highest BCUT2D eigenvalue weighted by Gasteiger charge is 2.36. The van der Waals surface area contributed by atoms with Gasteiger partial charge in [-0.2, -0.15) is 26.3 Å². The van der Waals surface area contributed by atoms with Crippen LogP contribution in [0.25, 0.3) is 0 Å². The van der Waals surface area contributed by atoms with Gasteiger partial charge in [0.05, 0.1) is 11.1 Å². The molecule has 122 valence electrons. The molecule has 2 N–H and O–H groups in total. The Hall–Kier alpha value is -1.77. The van der Waals surface area contributed by atoms with E-state index in [2.05, 4.69) is 17.2 Å². The molecule has 2 nitrogen and oxygen atoms in total. The van der Waals surface area contributed by atoms with Crippen molar-refractivity contribution in [2.75, 3.05) is 11.9 Å². The fraction of sp³-hybridized carbons (Fsp3) is 0.308. The van der Waals surface area contributed by atoms with Gasteiger partial charge in [0.25, 0.3) is 0 Å². The smallest absolute Gasteiger partial charge is 0.359 e. The standard InChI is InChI=1S/C13H12F6N2S/c1-7(2)6-20-11(22)21-10-4-8(12(14,15)16)3-9(5-10)13(17,18)19/h3-5H,1,6H2,2H3,(H2,20,21,22). The average molecular weight is 342 g/mol.